The Morgan fingerprint density at radius 2 is 2.24 bits per heavy atom. The number of likely N-dealkylation sites (tertiary alicyclic amines) is 1. The number of nitrogens with one attached hydrogen (secondary N) is 2. The second kappa shape index (κ2) is 9.25. The van der Waals surface area contributed by atoms with Crippen molar-refractivity contribution >= 4 is 5.96 Å². The third-order valence-corrected chi connectivity index (χ3v) is 4.62. The van der Waals surface area contributed by atoms with Gasteiger partial charge in [0.05, 0.1) is 6.54 Å². The smallest absolute Gasteiger partial charge is 0.191 e. The Kier molecular flexibility index (Phi) is 7.32. The molecule has 2 atom stereocenters. The van der Waals surface area contributed by atoms with Gasteiger partial charge >= 0.3 is 0 Å². The zero-order chi connectivity index (χ0) is 18.3. The van der Waals surface area contributed by atoms with Crippen LogP contribution in [0.2, 0.25) is 0 Å². The maximum atomic E-state index is 10.6. The molecule has 2 rings (SSSR count). The number of hydrogen-bond acceptors (Lipinski definition) is 4. The molecule has 0 amide bonds. The molecule has 1 aliphatic rings. The molecule has 1 aromatic heterocycles. The van der Waals surface area contributed by atoms with Crippen molar-refractivity contribution in [3.63, 3.8) is 0 Å². The van der Waals surface area contributed by atoms with E-state index in [1.165, 1.54) is 25.9 Å². The minimum atomic E-state index is -1.11. The Labute approximate surface area is 151 Å². The Morgan fingerprint density at radius 3 is 2.88 bits per heavy atom. The van der Waals surface area contributed by atoms with Gasteiger partial charge in [-0.15, -0.1) is 0 Å². The number of aryl methyl sites for hydroxylation is 1. The maximum Gasteiger partial charge on any atom is 0.191 e. The van der Waals surface area contributed by atoms with Crippen LogP contribution in [0.25, 0.3) is 0 Å². The summed E-state index contributed by atoms with van der Waals surface area (Å²) in [4.78, 5) is 7.04. The molecule has 0 saturated carbocycles. The standard InChI is InChI=1S/C19H34N4O2/c1-5-20-18(21-10-12-23-11-6-7-15(2)13-23)22-14-19(4,24)17-9-8-16(3)25-17/h8-9,15,24H,5-7,10-14H2,1-4H3,(H2,20,21,22). The molecular weight excluding hydrogens is 316 g/mol. The summed E-state index contributed by atoms with van der Waals surface area (Å²) in [5.74, 6) is 2.87. The number of aliphatic imine (C=N–C) groups is 1. The van der Waals surface area contributed by atoms with E-state index in [1.807, 2.05) is 26.0 Å². The van der Waals surface area contributed by atoms with Gasteiger partial charge in [0.25, 0.3) is 0 Å². The predicted octanol–water partition coefficient (Wildman–Crippen LogP) is 2.08. The lowest BCUT2D eigenvalue weighted by Crippen LogP contribution is -2.44. The number of piperidine rings is 1. The van der Waals surface area contributed by atoms with Crippen molar-refractivity contribution in [3.8, 4) is 0 Å². The Balaban J connectivity index is 1.85. The highest BCUT2D eigenvalue weighted by Gasteiger charge is 2.26. The van der Waals surface area contributed by atoms with Gasteiger partial charge in [-0.1, -0.05) is 6.92 Å². The van der Waals surface area contributed by atoms with E-state index in [0.29, 0.717) is 5.76 Å². The first-order valence-corrected chi connectivity index (χ1v) is 9.44. The maximum absolute atomic E-state index is 10.6. The number of nitrogens with zero attached hydrogens (tertiary/aromatic N) is 2. The van der Waals surface area contributed by atoms with Crippen molar-refractivity contribution in [1.82, 2.24) is 15.5 Å². The van der Waals surface area contributed by atoms with Crippen LogP contribution in [0.4, 0.5) is 0 Å². The van der Waals surface area contributed by atoms with Crippen LogP contribution < -0.4 is 10.6 Å². The van der Waals surface area contributed by atoms with Crippen LogP contribution in [0.5, 0.6) is 0 Å². The van der Waals surface area contributed by atoms with Gasteiger partial charge in [-0.3, -0.25) is 0 Å². The summed E-state index contributed by atoms with van der Waals surface area (Å²) in [7, 11) is 0. The number of guanidine groups is 1. The predicted molar refractivity (Wildman–Crippen MR) is 102 cm³/mol. The summed E-state index contributed by atoms with van der Waals surface area (Å²) >= 11 is 0. The summed E-state index contributed by atoms with van der Waals surface area (Å²) < 4.78 is 5.54. The fourth-order valence-corrected chi connectivity index (χ4v) is 3.20. The van der Waals surface area contributed by atoms with Crippen molar-refractivity contribution in [2.75, 3.05) is 39.3 Å². The highest BCUT2D eigenvalue weighted by Crippen LogP contribution is 2.23. The van der Waals surface area contributed by atoms with Gasteiger partial charge in [-0.05, 0) is 58.2 Å². The van der Waals surface area contributed by atoms with Gasteiger partial charge < -0.3 is 25.1 Å². The Morgan fingerprint density at radius 1 is 1.44 bits per heavy atom. The molecule has 0 bridgehead atoms. The zero-order valence-corrected chi connectivity index (χ0v) is 16.1. The van der Waals surface area contributed by atoms with Crippen molar-refractivity contribution in [2.45, 2.75) is 46.1 Å². The van der Waals surface area contributed by atoms with E-state index >= 15 is 0 Å². The highest BCUT2D eigenvalue weighted by molar-refractivity contribution is 5.79. The van der Waals surface area contributed by atoms with Crippen LogP contribution in [0.1, 0.15) is 45.1 Å². The molecule has 1 saturated heterocycles. The topological polar surface area (TPSA) is 73.0 Å². The lowest BCUT2D eigenvalue weighted by atomic mass is 10.0. The van der Waals surface area contributed by atoms with Crippen molar-refractivity contribution < 1.29 is 9.52 Å². The molecule has 25 heavy (non-hydrogen) atoms. The minimum Gasteiger partial charge on any atom is -0.463 e. The van der Waals surface area contributed by atoms with Crippen LogP contribution in [0, 0.1) is 12.8 Å². The second-order valence-corrected chi connectivity index (χ2v) is 7.35. The fraction of sp³-hybridized carbons (Fsp3) is 0.737. The van der Waals surface area contributed by atoms with E-state index in [-0.39, 0.29) is 6.54 Å². The number of furan rings is 1. The van der Waals surface area contributed by atoms with E-state index in [9.17, 15) is 5.11 Å². The summed E-state index contributed by atoms with van der Waals surface area (Å²) in [6.45, 7) is 13.2. The average Bonchev–Trinajstić information content (AvgIpc) is 3.00. The molecule has 1 aliphatic heterocycles. The van der Waals surface area contributed by atoms with Crippen LogP contribution >= 0.6 is 0 Å². The molecule has 2 heterocycles. The van der Waals surface area contributed by atoms with Gasteiger partial charge in [0.2, 0.25) is 0 Å². The molecule has 1 aromatic rings. The largest absolute Gasteiger partial charge is 0.463 e. The first-order chi connectivity index (χ1) is 11.9. The molecule has 6 heteroatoms. The minimum absolute atomic E-state index is 0.246. The van der Waals surface area contributed by atoms with Crippen molar-refractivity contribution in [2.24, 2.45) is 10.9 Å². The molecule has 0 aromatic carbocycles. The van der Waals surface area contributed by atoms with Gasteiger partial charge in [0.15, 0.2) is 5.96 Å². The molecule has 0 radical (unpaired) electrons. The third kappa shape index (κ3) is 6.36. The van der Waals surface area contributed by atoms with E-state index < -0.39 is 5.60 Å². The number of hydrogen-bond donors (Lipinski definition) is 3. The van der Waals surface area contributed by atoms with Crippen molar-refractivity contribution in [3.05, 3.63) is 23.7 Å². The van der Waals surface area contributed by atoms with Crippen LogP contribution in [0.15, 0.2) is 21.5 Å². The quantitative estimate of drug-likeness (QED) is 0.519. The summed E-state index contributed by atoms with van der Waals surface area (Å²) in [5.41, 5.74) is -1.11. The Bertz CT molecular complexity index is 553. The van der Waals surface area contributed by atoms with Crippen molar-refractivity contribution in [1.29, 1.82) is 0 Å². The molecule has 6 nitrogen and oxygen atoms in total. The van der Waals surface area contributed by atoms with Crippen LogP contribution in [-0.2, 0) is 5.60 Å². The molecule has 0 aliphatic carbocycles. The van der Waals surface area contributed by atoms with Crippen LogP contribution in [0.3, 0.4) is 0 Å². The molecule has 0 spiro atoms. The van der Waals surface area contributed by atoms with E-state index in [1.54, 1.807) is 6.92 Å². The third-order valence-electron chi connectivity index (χ3n) is 4.62. The SMILES string of the molecule is CCNC(=NCC(C)(O)c1ccc(C)o1)NCCN1CCCC(C)C1. The normalized spacial score (nSPS) is 21.8. The fourth-order valence-electron chi connectivity index (χ4n) is 3.20. The summed E-state index contributed by atoms with van der Waals surface area (Å²) in [5, 5.41) is 17.2. The molecule has 2 unspecified atom stereocenters. The summed E-state index contributed by atoms with van der Waals surface area (Å²) in [6.07, 6.45) is 2.64. The van der Waals surface area contributed by atoms with Crippen LogP contribution in [-0.4, -0.2) is 55.2 Å². The summed E-state index contributed by atoms with van der Waals surface area (Å²) in [6, 6.07) is 3.67. The molecule has 1 fully saturated rings. The van der Waals surface area contributed by atoms with Gasteiger partial charge in [0.1, 0.15) is 17.1 Å². The average molecular weight is 351 g/mol. The monoisotopic (exact) mass is 350 g/mol. The Hall–Kier alpha value is -1.53. The molecular formula is C19H34N4O2. The molecule has 3 N–H and O–H groups in total. The lowest BCUT2D eigenvalue weighted by molar-refractivity contribution is 0.0428. The number of rotatable bonds is 7. The lowest BCUT2D eigenvalue weighted by Gasteiger charge is -2.31. The van der Waals surface area contributed by atoms with Gasteiger partial charge in [-0.2, -0.15) is 0 Å². The van der Waals surface area contributed by atoms with E-state index in [0.717, 1.165) is 37.3 Å². The molecule has 142 valence electrons. The first-order valence-electron chi connectivity index (χ1n) is 9.44. The van der Waals surface area contributed by atoms with Gasteiger partial charge in [-0.25, -0.2) is 4.99 Å². The van der Waals surface area contributed by atoms with E-state index in [2.05, 4.69) is 27.4 Å². The van der Waals surface area contributed by atoms with Gasteiger partial charge in [0, 0.05) is 26.2 Å². The second-order valence-electron chi connectivity index (χ2n) is 7.35. The van der Waals surface area contributed by atoms with E-state index in [4.69, 9.17) is 4.42 Å². The highest BCUT2D eigenvalue weighted by atomic mass is 16.4. The zero-order valence-electron chi connectivity index (χ0n) is 16.1. The number of aliphatic hydroxyl groups is 1. The first kappa shape index (κ1) is 19.8.